The third-order valence-electron chi connectivity index (χ3n) is 4.46. The molecule has 1 aliphatic rings. The highest BCUT2D eigenvalue weighted by Gasteiger charge is 2.28. The van der Waals surface area contributed by atoms with Crippen LogP contribution < -0.4 is 14.2 Å². The summed E-state index contributed by atoms with van der Waals surface area (Å²) in [6.45, 7) is 0.0135. The Morgan fingerprint density at radius 3 is 2.37 bits per heavy atom. The first-order valence-electron chi connectivity index (χ1n) is 8.01. The number of hydrogen-bond donors (Lipinski definition) is 2. The van der Waals surface area contributed by atoms with Crippen molar-refractivity contribution in [1.29, 1.82) is 0 Å². The standard InChI is InChI=1S/C20H14O7/c1-25-12-5-2-10(3-6-12)15-16-11(4-7-14-18(16)27-9-26-14)8-13(19(21)22)17(15)20(23)24/h2-8H,9H2,1H3,(H,21,22)(H,23,24). The van der Waals surface area contributed by atoms with Crippen molar-refractivity contribution in [2.45, 2.75) is 0 Å². The van der Waals surface area contributed by atoms with Crippen LogP contribution in [0.5, 0.6) is 17.2 Å². The molecule has 0 saturated carbocycles. The minimum absolute atomic E-state index is 0.0135. The van der Waals surface area contributed by atoms with Crippen LogP contribution in [0.2, 0.25) is 0 Å². The van der Waals surface area contributed by atoms with Crippen molar-refractivity contribution in [3.63, 3.8) is 0 Å². The Morgan fingerprint density at radius 1 is 1.00 bits per heavy atom. The first-order chi connectivity index (χ1) is 13.0. The molecule has 1 aliphatic heterocycles. The lowest BCUT2D eigenvalue weighted by Crippen LogP contribution is -2.11. The molecule has 0 aliphatic carbocycles. The Bertz CT molecular complexity index is 1080. The molecule has 7 nitrogen and oxygen atoms in total. The number of carboxylic acids is 2. The second-order valence-corrected chi connectivity index (χ2v) is 5.91. The van der Waals surface area contributed by atoms with E-state index in [-0.39, 0.29) is 23.5 Å². The summed E-state index contributed by atoms with van der Waals surface area (Å²) in [5.41, 5.74) is 0.205. The Labute approximate surface area is 153 Å². The fourth-order valence-corrected chi connectivity index (χ4v) is 3.29. The minimum Gasteiger partial charge on any atom is -0.497 e. The van der Waals surface area contributed by atoms with E-state index >= 15 is 0 Å². The largest absolute Gasteiger partial charge is 0.497 e. The van der Waals surface area contributed by atoms with Gasteiger partial charge in [0.25, 0.3) is 0 Å². The number of benzene rings is 3. The molecule has 0 saturated heterocycles. The molecule has 0 unspecified atom stereocenters. The molecule has 0 radical (unpaired) electrons. The van der Waals surface area contributed by atoms with Gasteiger partial charge < -0.3 is 24.4 Å². The molecule has 0 atom stereocenters. The second-order valence-electron chi connectivity index (χ2n) is 5.91. The van der Waals surface area contributed by atoms with Gasteiger partial charge in [0.15, 0.2) is 11.5 Å². The molecule has 4 rings (SSSR count). The van der Waals surface area contributed by atoms with E-state index < -0.39 is 11.9 Å². The van der Waals surface area contributed by atoms with Crippen molar-refractivity contribution in [3.8, 4) is 28.4 Å². The fraction of sp³-hybridized carbons (Fsp3) is 0.100. The summed E-state index contributed by atoms with van der Waals surface area (Å²) in [4.78, 5) is 23.8. The number of aromatic carboxylic acids is 2. The van der Waals surface area contributed by atoms with E-state index in [4.69, 9.17) is 14.2 Å². The SMILES string of the molecule is COc1ccc(-c2c(C(=O)O)c(C(=O)O)cc3ccc4c(c23)OCO4)cc1. The normalized spacial score (nSPS) is 12.2. The van der Waals surface area contributed by atoms with Crippen LogP contribution in [0.1, 0.15) is 20.7 Å². The molecule has 0 fully saturated rings. The molecule has 0 amide bonds. The fourth-order valence-electron chi connectivity index (χ4n) is 3.29. The molecule has 136 valence electrons. The molecule has 0 bridgehead atoms. The molecule has 0 spiro atoms. The summed E-state index contributed by atoms with van der Waals surface area (Å²) in [6.07, 6.45) is 0. The molecule has 2 N–H and O–H groups in total. The van der Waals surface area contributed by atoms with Gasteiger partial charge >= 0.3 is 11.9 Å². The van der Waals surface area contributed by atoms with Crippen LogP contribution in [0, 0.1) is 0 Å². The summed E-state index contributed by atoms with van der Waals surface area (Å²) >= 11 is 0. The van der Waals surface area contributed by atoms with Gasteiger partial charge in [-0.15, -0.1) is 0 Å². The number of methoxy groups -OCH3 is 1. The van der Waals surface area contributed by atoms with Gasteiger partial charge in [0, 0.05) is 10.9 Å². The first-order valence-corrected chi connectivity index (χ1v) is 8.01. The van der Waals surface area contributed by atoms with Crippen LogP contribution in [0.3, 0.4) is 0 Å². The highest BCUT2D eigenvalue weighted by Crippen LogP contribution is 2.46. The third kappa shape index (κ3) is 2.60. The summed E-state index contributed by atoms with van der Waals surface area (Å²) in [5.74, 6) is -1.17. The van der Waals surface area contributed by atoms with Crippen molar-refractivity contribution in [2.75, 3.05) is 13.9 Å². The zero-order valence-corrected chi connectivity index (χ0v) is 14.2. The van der Waals surface area contributed by atoms with Crippen LogP contribution in [-0.2, 0) is 0 Å². The lowest BCUT2D eigenvalue weighted by atomic mass is 9.89. The highest BCUT2D eigenvalue weighted by atomic mass is 16.7. The molecule has 27 heavy (non-hydrogen) atoms. The average molecular weight is 366 g/mol. The van der Waals surface area contributed by atoms with Crippen LogP contribution in [0.25, 0.3) is 21.9 Å². The van der Waals surface area contributed by atoms with Crippen molar-refractivity contribution < 1.29 is 34.0 Å². The van der Waals surface area contributed by atoms with Gasteiger partial charge in [0.05, 0.1) is 18.2 Å². The van der Waals surface area contributed by atoms with Crippen LogP contribution in [0.4, 0.5) is 0 Å². The topological polar surface area (TPSA) is 102 Å². The Morgan fingerprint density at radius 2 is 1.74 bits per heavy atom. The Hall–Kier alpha value is -3.74. The van der Waals surface area contributed by atoms with Gasteiger partial charge in [-0.25, -0.2) is 9.59 Å². The van der Waals surface area contributed by atoms with E-state index in [0.717, 1.165) is 0 Å². The maximum absolute atomic E-state index is 12.0. The molecule has 3 aromatic rings. The van der Waals surface area contributed by atoms with Gasteiger partial charge in [-0.2, -0.15) is 0 Å². The quantitative estimate of drug-likeness (QED) is 0.727. The first kappa shape index (κ1) is 16.7. The number of rotatable bonds is 4. The predicted molar refractivity (Wildman–Crippen MR) is 96.0 cm³/mol. The second kappa shape index (κ2) is 6.21. The van der Waals surface area contributed by atoms with Crippen molar-refractivity contribution in [1.82, 2.24) is 0 Å². The Balaban J connectivity index is 2.17. The monoisotopic (exact) mass is 366 g/mol. The minimum atomic E-state index is -1.34. The molecule has 0 aromatic heterocycles. The number of ether oxygens (including phenoxy) is 3. The van der Waals surface area contributed by atoms with Crippen LogP contribution >= 0.6 is 0 Å². The maximum atomic E-state index is 12.0. The van der Waals surface area contributed by atoms with E-state index in [1.54, 1.807) is 36.4 Å². The third-order valence-corrected chi connectivity index (χ3v) is 4.46. The highest BCUT2D eigenvalue weighted by molar-refractivity contribution is 6.16. The molecule has 7 heteroatoms. The maximum Gasteiger partial charge on any atom is 0.337 e. The van der Waals surface area contributed by atoms with E-state index in [9.17, 15) is 19.8 Å². The van der Waals surface area contributed by atoms with Gasteiger partial charge in [0.1, 0.15) is 5.75 Å². The average Bonchev–Trinajstić information content (AvgIpc) is 3.15. The lowest BCUT2D eigenvalue weighted by Gasteiger charge is -2.15. The summed E-state index contributed by atoms with van der Waals surface area (Å²) < 4.78 is 16.1. The molecule has 1 heterocycles. The number of hydrogen-bond acceptors (Lipinski definition) is 5. The number of fused-ring (bicyclic) bond motifs is 3. The van der Waals surface area contributed by atoms with E-state index in [2.05, 4.69) is 0 Å². The zero-order chi connectivity index (χ0) is 19.1. The summed E-state index contributed by atoms with van der Waals surface area (Å²) in [7, 11) is 1.52. The van der Waals surface area contributed by atoms with Gasteiger partial charge in [0.2, 0.25) is 6.79 Å². The smallest absolute Gasteiger partial charge is 0.337 e. The lowest BCUT2D eigenvalue weighted by molar-refractivity contribution is 0.0652. The molecule has 3 aromatic carbocycles. The van der Waals surface area contributed by atoms with Crippen molar-refractivity contribution >= 4 is 22.7 Å². The van der Waals surface area contributed by atoms with E-state index in [1.807, 2.05) is 0 Å². The Kier molecular flexibility index (Phi) is 3.84. The van der Waals surface area contributed by atoms with Gasteiger partial charge in [-0.3, -0.25) is 0 Å². The van der Waals surface area contributed by atoms with E-state index in [0.29, 0.717) is 33.6 Å². The number of carboxylic acid groups (broad SMARTS) is 2. The van der Waals surface area contributed by atoms with E-state index in [1.165, 1.54) is 13.2 Å². The number of carbonyl (C=O) groups is 2. The summed E-state index contributed by atoms with van der Waals surface area (Å²) in [6, 6.07) is 11.4. The van der Waals surface area contributed by atoms with Gasteiger partial charge in [-0.05, 0) is 35.2 Å². The molecular weight excluding hydrogens is 352 g/mol. The van der Waals surface area contributed by atoms with Gasteiger partial charge in [-0.1, -0.05) is 18.2 Å². The molecular formula is C20H14O7. The predicted octanol–water partition coefficient (Wildman–Crippen LogP) is 3.64. The van der Waals surface area contributed by atoms with Crippen LogP contribution in [0.15, 0.2) is 42.5 Å². The van der Waals surface area contributed by atoms with Crippen LogP contribution in [-0.4, -0.2) is 36.1 Å². The zero-order valence-electron chi connectivity index (χ0n) is 14.2. The van der Waals surface area contributed by atoms with Crippen molar-refractivity contribution in [3.05, 3.63) is 53.6 Å². The van der Waals surface area contributed by atoms with Crippen molar-refractivity contribution in [2.24, 2.45) is 0 Å². The summed E-state index contributed by atoms with van der Waals surface area (Å²) in [5, 5.41) is 20.4.